The lowest BCUT2D eigenvalue weighted by atomic mass is 10.3. The number of rotatable bonds is 5. The summed E-state index contributed by atoms with van der Waals surface area (Å²) in [6, 6.07) is 0. The summed E-state index contributed by atoms with van der Waals surface area (Å²) in [5.74, 6) is 0. The number of hydrogen-bond donors (Lipinski definition) is 0. The summed E-state index contributed by atoms with van der Waals surface area (Å²) in [6.45, 7) is 4.24. The van der Waals surface area contributed by atoms with Gasteiger partial charge in [0.2, 0.25) is 0 Å². The standard InChI is InChI=1S/C7H14O2/c1-4-5-7(9-3)6-8-2/h4,7H,1,5-6H2,2-3H3/t7-/m0/s1. The van der Waals surface area contributed by atoms with Crippen molar-refractivity contribution in [3.8, 4) is 0 Å². The van der Waals surface area contributed by atoms with Gasteiger partial charge in [-0.15, -0.1) is 6.58 Å². The molecule has 1 atom stereocenters. The van der Waals surface area contributed by atoms with Crippen LogP contribution in [0.3, 0.4) is 0 Å². The van der Waals surface area contributed by atoms with Crippen molar-refractivity contribution < 1.29 is 9.47 Å². The maximum absolute atomic E-state index is 5.03. The molecule has 0 heterocycles. The monoisotopic (exact) mass is 130 g/mol. The van der Waals surface area contributed by atoms with Crippen LogP contribution in [0.4, 0.5) is 0 Å². The Labute approximate surface area is 56.5 Å². The molecule has 0 aromatic heterocycles. The highest BCUT2D eigenvalue weighted by Crippen LogP contribution is 1.96. The largest absolute Gasteiger partial charge is 0.382 e. The zero-order chi connectivity index (χ0) is 7.11. The summed E-state index contributed by atoms with van der Waals surface area (Å²) in [4.78, 5) is 0. The van der Waals surface area contributed by atoms with Crippen LogP contribution in [0.25, 0.3) is 0 Å². The lowest BCUT2D eigenvalue weighted by molar-refractivity contribution is 0.0305. The van der Waals surface area contributed by atoms with Crippen molar-refractivity contribution in [3.63, 3.8) is 0 Å². The molecule has 0 aromatic rings. The van der Waals surface area contributed by atoms with Crippen LogP contribution in [0.1, 0.15) is 6.42 Å². The SMILES string of the molecule is C=CC[C@@H](COC)OC. The molecule has 0 N–H and O–H groups in total. The third-order valence-electron chi connectivity index (χ3n) is 1.12. The van der Waals surface area contributed by atoms with E-state index in [0.717, 1.165) is 6.42 Å². The first-order valence-electron chi connectivity index (χ1n) is 2.97. The molecule has 0 spiro atoms. The van der Waals surface area contributed by atoms with Gasteiger partial charge in [-0.2, -0.15) is 0 Å². The van der Waals surface area contributed by atoms with Crippen molar-refractivity contribution >= 4 is 0 Å². The fourth-order valence-electron chi connectivity index (χ4n) is 0.604. The van der Waals surface area contributed by atoms with E-state index in [4.69, 9.17) is 9.47 Å². The second-order valence-electron chi connectivity index (χ2n) is 1.84. The number of hydrogen-bond acceptors (Lipinski definition) is 2. The van der Waals surface area contributed by atoms with Crippen LogP contribution >= 0.6 is 0 Å². The minimum absolute atomic E-state index is 0.174. The normalized spacial score (nSPS) is 13.1. The van der Waals surface area contributed by atoms with Gasteiger partial charge in [0.05, 0.1) is 12.7 Å². The molecule has 0 rings (SSSR count). The Bertz CT molecular complexity index is 71.3. The Morgan fingerprint density at radius 1 is 1.56 bits per heavy atom. The zero-order valence-electron chi connectivity index (χ0n) is 6.09. The van der Waals surface area contributed by atoms with Crippen LogP contribution in [0.15, 0.2) is 12.7 Å². The van der Waals surface area contributed by atoms with E-state index < -0.39 is 0 Å². The Morgan fingerprint density at radius 2 is 2.22 bits per heavy atom. The van der Waals surface area contributed by atoms with Gasteiger partial charge in [-0.3, -0.25) is 0 Å². The van der Waals surface area contributed by atoms with Crippen molar-refractivity contribution in [1.29, 1.82) is 0 Å². The summed E-state index contributed by atoms with van der Waals surface area (Å²) in [7, 11) is 3.34. The molecule has 0 saturated heterocycles. The van der Waals surface area contributed by atoms with Gasteiger partial charge in [-0.1, -0.05) is 6.08 Å². The highest BCUT2D eigenvalue weighted by Gasteiger charge is 2.01. The molecule has 2 nitrogen and oxygen atoms in total. The van der Waals surface area contributed by atoms with Crippen molar-refractivity contribution in [1.82, 2.24) is 0 Å². The van der Waals surface area contributed by atoms with Gasteiger partial charge in [0, 0.05) is 14.2 Å². The lowest BCUT2D eigenvalue weighted by Gasteiger charge is -2.10. The Kier molecular flexibility index (Phi) is 5.57. The summed E-state index contributed by atoms with van der Waals surface area (Å²) >= 11 is 0. The van der Waals surface area contributed by atoms with Gasteiger partial charge in [0.1, 0.15) is 0 Å². The molecule has 0 aliphatic rings. The van der Waals surface area contributed by atoms with Gasteiger partial charge in [0.15, 0.2) is 0 Å². The molecule has 0 fully saturated rings. The molecular weight excluding hydrogens is 116 g/mol. The summed E-state index contributed by atoms with van der Waals surface area (Å²) in [6.07, 6.45) is 2.85. The van der Waals surface area contributed by atoms with E-state index in [-0.39, 0.29) is 6.10 Å². The fraction of sp³-hybridized carbons (Fsp3) is 0.714. The second-order valence-corrected chi connectivity index (χ2v) is 1.84. The van der Waals surface area contributed by atoms with Crippen molar-refractivity contribution in [2.45, 2.75) is 12.5 Å². The molecule has 0 aromatic carbocycles. The highest BCUT2D eigenvalue weighted by atomic mass is 16.5. The van der Waals surface area contributed by atoms with Gasteiger partial charge in [-0.05, 0) is 6.42 Å². The predicted octanol–water partition coefficient (Wildman–Crippen LogP) is 1.22. The number of ether oxygens (including phenoxy) is 2. The average Bonchev–Trinajstić information content (AvgIpc) is 1.88. The fourth-order valence-corrected chi connectivity index (χ4v) is 0.604. The zero-order valence-corrected chi connectivity index (χ0v) is 6.09. The molecule has 54 valence electrons. The first-order valence-corrected chi connectivity index (χ1v) is 2.97. The van der Waals surface area contributed by atoms with E-state index in [9.17, 15) is 0 Å². The molecular formula is C7H14O2. The molecule has 2 heteroatoms. The van der Waals surface area contributed by atoms with Crippen LogP contribution in [-0.2, 0) is 9.47 Å². The maximum atomic E-state index is 5.03. The Balaban J connectivity index is 3.28. The van der Waals surface area contributed by atoms with E-state index in [0.29, 0.717) is 6.61 Å². The first-order chi connectivity index (χ1) is 4.35. The minimum atomic E-state index is 0.174. The van der Waals surface area contributed by atoms with E-state index in [1.165, 1.54) is 0 Å². The van der Waals surface area contributed by atoms with E-state index >= 15 is 0 Å². The topological polar surface area (TPSA) is 18.5 Å². The van der Waals surface area contributed by atoms with Gasteiger partial charge in [-0.25, -0.2) is 0 Å². The van der Waals surface area contributed by atoms with E-state index in [1.54, 1.807) is 14.2 Å². The van der Waals surface area contributed by atoms with Gasteiger partial charge < -0.3 is 9.47 Å². The average molecular weight is 130 g/mol. The van der Waals surface area contributed by atoms with Crippen molar-refractivity contribution in [2.24, 2.45) is 0 Å². The molecule has 0 aliphatic heterocycles. The quantitative estimate of drug-likeness (QED) is 0.521. The third-order valence-corrected chi connectivity index (χ3v) is 1.12. The molecule has 0 amide bonds. The van der Waals surface area contributed by atoms with Crippen LogP contribution in [0, 0.1) is 0 Å². The van der Waals surface area contributed by atoms with Crippen LogP contribution in [-0.4, -0.2) is 26.9 Å². The molecule has 0 bridgehead atoms. The molecule has 0 aliphatic carbocycles. The lowest BCUT2D eigenvalue weighted by Crippen LogP contribution is -2.15. The van der Waals surface area contributed by atoms with Crippen LogP contribution < -0.4 is 0 Å². The van der Waals surface area contributed by atoms with Gasteiger partial charge >= 0.3 is 0 Å². The summed E-state index contributed by atoms with van der Waals surface area (Å²) in [5.41, 5.74) is 0. The first kappa shape index (κ1) is 8.66. The third kappa shape index (κ3) is 4.18. The molecule has 0 unspecified atom stereocenters. The van der Waals surface area contributed by atoms with Crippen molar-refractivity contribution in [3.05, 3.63) is 12.7 Å². The maximum Gasteiger partial charge on any atom is 0.0838 e. The second kappa shape index (κ2) is 5.79. The Morgan fingerprint density at radius 3 is 2.56 bits per heavy atom. The number of methoxy groups -OCH3 is 2. The van der Waals surface area contributed by atoms with Crippen molar-refractivity contribution in [2.75, 3.05) is 20.8 Å². The summed E-state index contributed by atoms with van der Waals surface area (Å²) in [5, 5.41) is 0. The predicted molar refractivity (Wildman–Crippen MR) is 37.5 cm³/mol. The minimum Gasteiger partial charge on any atom is -0.382 e. The van der Waals surface area contributed by atoms with Crippen LogP contribution in [0.2, 0.25) is 0 Å². The molecule has 0 radical (unpaired) electrons. The van der Waals surface area contributed by atoms with E-state index in [2.05, 4.69) is 6.58 Å². The van der Waals surface area contributed by atoms with Gasteiger partial charge in [0.25, 0.3) is 0 Å². The molecule has 9 heavy (non-hydrogen) atoms. The smallest absolute Gasteiger partial charge is 0.0838 e. The summed E-state index contributed by atoms with van der Waals surface area (Å²) < 4.78 is 9.91. The van der Waals surface area contributed by atoms with E-state index in [1.807, 2.05) is 6.08 Å². The Hall–Kier alpha value is -0.340. The van der Waals surface area contributed by atoms with Crippen LogP contribution in [0.5, 0.6) is 0 Å². The highest BCUT2D eigenvalue weighted by molar-refractivity contribution is 4.72. The molecule has 0 saturated carbocycles.